The summed E-state index contributed by atoms with van der Waals surface area (Å²) in [5.74, 6) is 2.71. The molecule has 0 amide bonds. The molecular weight excluding hydrogens is 403 g/mol. The molecule has 3 aromatic rings. The fourth-order valence-corrected chi connectivity index (χ4v) is 7.67. The van der Waals surface area contributed by atoms with Gasteiger partial charge in [-0.3, -0.25) is 0 Å². The first-order valence-electron chi connectivity index (χ1n) is 10.5. The van der Waals surface area contributed by atoms with Crippen LogP contribution in [-0.4, -0.2) is 21.3 Å². The lowest BCUT2D eigenvalue weighted by molar-refractivity contribution is 0.414. The van der Waals surface area contributed by atoms with Crippen LogP contribution in [0, 0.1) is 41.5 Å². The topological polar surface area (TPSA) is 27.7 Å². The summed E-state index contributed by atoms with van der Waals surface area (Å²) >= 11 is 0. The van der Waals surface area contributed by atoms with Gasteiger partial charge in [-0.15, -0.1) is 0 Å². The zero-order valence-corrected chi connectivity index (χ0v) is 21.0. The normalized spacial score (nSPS) is 11.0. The van der Waals surface area contributed by atoms with Crippen molar-refractivity contribution < 1.29 is 14.2 Å². The van der Waals surface area contributed by atoms with Crippen molar-refractivity contribution in [3.8, 4) is 17.2 Å². The quantitative estimate of drug-likeness (QED) is 0.490. The zero-order valence-electron chi connectivity index (χ0n) is 20.1. The van der Waals surface area contributed by atoms with Crippen LogP contribution in [0.1, 0.15) is 33.4 Å². The second-order valence-electron chi connectivity index (χ2n) is 8.16. The molecule has 3 rings (SSSR count). The van der Waals surface area contributed by atoms with Crippen LogP contribution in [0.2, 0.25) is 0 Å². The van der Waals surface area contributed by atoms with Crippen molar-refractivity contribution in [2.45, 2.75) is 41.5 Å². The summed E-state index contributed by atoms with van der Waals surface area (Å²) in [6, 6.07) is 12.9. The molecule has 0 saturated carbocycles. The molecule has 0 aliphatic carbocycles. The molecular formula is C27H33O3P. The van der Waals surface area contributed by atoms with E-state index in [0.29, 0.717) is 0 Å². The van der Waals surface area contributed by atoms with Gasteiger partial charge in [-0.1, -0.05) is 0 Å². The van der Waals surface area contributed by atoms with Gasteiger partial charge in [0, 0.05) is 0 Å². The molecule has 31 heavy (non-hydrogen) atoms. The van der Waals surface area contributed by atoms with E-state index in [4.69, 9.17) is 14.2 Å². The highest BCUT2D eigenvalue weighted by Crippen LogP contribution is 2.42. The third-order valence-electron chi connectivity index (χ3n) is 5.77. The number of hydrogen-bond acceptors (Lipinski definition) is 3. The minimum Gasteiger partial charge on any atom is -0.497 e. The van der Waals surface area contributed by atoms with Crippen LogP contribution in [0.5, 0.6) is 17.2 Å². The fraction of sp³-hybridized carbons (Fsp3) is 0.333. The molecule has 0 unspecified atom stereocenters. The maximum absolute atomic E-state index is 5.55. The lowest BCUT2D eigenvalue weighted by Crippen LogP contribution is -2.30. The molecule has 0 atom stereocenters. The van der Waals surface area contributed by atoms with E-state index in [-0.39, 0.29) is 0 Å². The smallest absolute Gasteiger partial charge is 0.119 e. The summed E-state index contributed by atoms with van der Waals surface area (Å²) in [5, 5.41) is 4.18. The predicted molar refractivity (Wildman–Crippen MR) is 133 cm³/mol. The van der Waals surface area contributed by atoms with Crippen molar-refractivity contribution in [1.29, 1.82) is 0 Å². The van der Waals surface area contributed by atoms with Gasteiger partial charge in [0.1, 0.15) is 17.2 Å². The van der Waals surface area contributed by atoms with Gasteiger partial charge < -0.3 is 14.2 Å². The average Bonchev–Trinajstić information content (AvgIpc) is 2.71. The van der Waals surface area contributed by atoms with Crippen molar-refractivity contribution >= 4 is 23.8 Å². The van der Waals surface area contributed by atoms with Crippen molar-refractivity contribution in [2.75, 3.05) is 21.3 Å². The van der Waals surface area contributed by atoms with Crippen LogP contribution in [-0.2, 0) is 0 Å². The summed E-state index contributed by atoms with van der Waals surface area (Å²) < 4.78 is 16.7. The molecule has 0 fully saturated rings. The molecule has 0 aliphatic heterocycles. The minimum absolute atomic E-state index is 0.790. The largest absolute Gasteiger partial charge is 0.497 e. The Balaban J connectivity index is 2.41. The first-order valence-corrected chi connectivity index (χ1v) is 11.8. The lowest BCUT2D eigenvalue weighted by Gasteiger charge is -2.30. The predicted octanol–water partition coefficient (Wildman–Crippen LogP) is 5.32. The van der Waals surface area contributed by atoms with Gasteiger partial charge in [-0.05, 0) is 135 Å². The first kappa shape index (κ1) is 23.2. The van der Waals surface area contributed by atoms with E-state index < -0.39 is 7.92 Å². The highest BCUT2D eigenvalue weighted by Gasteiger charge is 2.27. The monoisotopic (exact) mass is 436 g/mol. The highest BCUT2D eigenvalue weighted by atomic mass is 31.1. The summed E-state index contributed by atoms with van der Waals surface area (Å²) in [6.45, 7) is 13.2. The Labute approximate surface area is 188 Å². The number of methoxy groups -OCH3 is 3. The van der Waals surface area contributed by atoms with Crippen LogP contribution in [0.25, 0.3) is 0 Å². The summed E-state index contributed by atoms with van der Waals surface area (Å²) in [6.07, 6.45) is 0. The van der Waals surface area contributed by atoms with Gasteiger partial charge >= 0.3 is 0 Å². The number of rotatable bonds is 6. The molecule has 0 N–H and O–H groups in total. The van der Waals surface area contributed by atoms with Gasteiger partial charge in [0.15, 0.2) is 0 Å². The van der Waals surface area contributed by atoms with Crippen molar-refractivity contribution in [3.05, 3.63) is 69.8 Å². The molecule has 4 heteroatoms. The van der Waals surface area contributed by atoms with Gasteiger partial charge in [0.25, 0.3) is 0 Å². The Kier molecular flexibility index (Phi) is 6.96. The van der Waals surface area contributed by atoms with Crippen LogP contribution < -0.4 is 30.1 Å². The Morgan fingerprint density at radius 2 is 0.613 bits per heavy atom. The van der Waals surface area contributed by atoms with Gasteiger partial charge in [0.2, 0.25) is 0 Å². The van der Waals surface area contributed by atoms with E-state index in [1.54, 1.807) is 21.3 Å². The SMILES string of the molecule is COc1cc(C)c(P(c2c(C)cc(OC)cc2C)c2c(C)cc(OC)cc2C)c(C)c1. The number of benzene rings is 3. The molecule has 0 heterocycles. The minimum atomic E-state index is -0.790. The molecule has 3 nitrogen and oxygen atoms in total. The fourth-order valence-electron chi connectivity index (χ4n) is 4.50. The van der Waals surface area contributed by atoms with Crippen molar-refractivity contribution in [1.82, 2.24) is 0 Å². The maximum Gasteiger partial charge on any atom is 0.119 e. The van der Waals surface area contributed by atoms with Crippen LogP contribution in [0.3, 0.4) is 0 Å². The highest BCUT2D eigenvalue weighted by molar-refractivity contribution is 7.80. The number of ether oxygens (including phenoxy) is 3. The first-order chi connectivity index (χ1) is 14.7. The Morgan fingerprint density at radius 1 is 0.419 bits per heavy atom. The molecule has 0 bridgehead atoms. The second-order valence-corrected chi connectivity index (χ2v) is 10.2. The van der Waals surface area contributed by atoms with E-state index in [1.165, 1.54) is 49.3 Å². The molecule has 0 saturated heterocycles. The molecule has 0 spiro atoms. The second kappa shape index (κ2) is 9.32. The average molecular weight is 437 g/mol. The molecule has 0 aliphatic rings. The lowest BCUT2D eigenvalue weighted by atomic mass is 10.1. The Hall–Kier alpha value is -2.51. The van der Waals surface area contributed by atoms with Crippen LogP contribution in [0.15, 0.2) is 36.4 Å². The molecule has 0 aromatic heterocycles. The van der Waals surface area contributed by atoms with Gasteiger partial charge in [0.05, 0.1) is 21.3 Å². The molecule has 3 aromatic carbocycles. The molecule has 164 valence electrons. The van der Waals surface area contributed by atoms with Crippen LogP contribution in [0.4, 0.5) is 0 Å². The van der Waals surface area contributed by atoms with E-state index in [1.807, 2.05) is 0 Å². The maximum atomic E-state index is 5.55. The third-order valence-corrected chi connectivity index (χ3v) is 9.23. The molecule has 0 radical (unpaired) electrons. The van der Waals surface area contributed by atoms with Crippen molar-refractivity contribution in [3.63, 3.8) is 0 Å². The Morgan fingerprint density at radius 3 is 0.774 bits per heavy atom. The standard InChI is InChI=1S/C27H33O3P/c1-16-10-22(28-7)11-17(2)25(16)31(26-18(3)12-23(29-8)13-19(26)4)27-20(5)14-24(30-9)15-21(27)6/h10-15H,1-9H3. The van der Waals surface area contributed by atoms with Crippen LogP contribution >= 0.6 is 7.92 Å². The van der Waals surface area contributed by atoms with E-state index in [0.717, 1.165) is 17.2 Å². The van der Waals surface area contributed by atoms with E-state index in [2.05, 4.69) is 77.9 Å². The number of hydrogen-bond donors (Lipinski definition) is 0. The Bertz CT molecular complexity index is 907. The zero-order chi connectivity index (χ0) is 22.9. The third kappa shape index (κ3) is 4.43. The van der Waals surface area contributed by atoms with Gasteiger partial charge in [-0.25, -0.2) is 0 Å². The van der Waals surface area contributed by atoms with E-state index >= 15 is 0 Å². The number of aryl methyl sites for hydroxylation is 6. The summed E-state index contributed by atoms with van der Waals surface area (Å²) in [4.78, 5) is 0. The van der Waals surface area contributed by atoms with Gasteiger partial charge in [-0.2, -0.15) is 0 Å². The van der Waals surface area contributed by atoms with Crippen molar-refractivity contribution in [2.24, 2.45) is 0 Å². The summed E-state index contributed by atoms with van der Waals surface area (Å²) in [5.41, 5.74) is 7.54. The van der Waals surface area contributed by atoms with E-state index in [9.17, 15) is 0 Å². The summed E-state index contributed by atoms with van der Waals surface area (Å²) in [7, 11) is 4.40.